The average molecular weight is 259 g/mol. The van der Waals surface area contributed by atoms with E-state index in [4.69, 9.17) is 16.3 Å². The first-order valence-electron chi connectivity index (χ1n) is 5.55. The smallest absolute Gasteiger partial charge is 0.137 e. The molecule has 1 N–H and O–H groups in total. The fourth-order valence-corrected chi connectivity index (χ4v) is 2.20. The summed E-state index contributed by atoms with van der Waals surface area (Å²) in [5, 5.41) is 1.68. The van der Waals surface area contributed by atoms with Gasteiger partial charge in [-0.05, 0) is 29.8 Å². The second-order valence-corrected chi connectivity index (χ2v) is 4.40. The molecule has 18 heavy (non-hydrogen) atoms. The summed E-state index contributed by atoms with van der Waals surface area (Å²) in [7, 11) is 1.61. The molecule has 0 aliphatic heterocycles. The summed E-state index contributed by atoms with van der Waals surface area (Å²) < 4.78 is 5.14. The number of benzene rings is 1. The van der Waals surface area contributed by atoms with Gasteiger partial charge in [0.2, 0.25) is 0 Å². The van der Waals surface area contributed by atoms with Gasteiger partial charge in [0, 0.05) is 23.3 Å². The minimum atomic E-state index is 0.601. The van der Waals surface area contributed by atoms with E-state index in [1.807, 2.05) is 36.7 Å². The number of rotatable bonds is 2. The quantitative estimate of drug-likeness (QED) is 0.757. The Bertz CT molecular complexity index is 706. The summed E-state index contributed by atoms with van der Waals surface area (Å²) in [5.74, 6) is 0.677. The lowest BCUT2D eigenvalue weighted by atomic mass is 10.1. The van der Waals surface area contributed by atoms with E-state index >= 15 is 0 Å². The van der Waals surface area contributed by atoms with Crippen LogP contribution in [-0.4, -0.2) is 17.1 Å². The molecule has 1 aromatic carbocycles. The molecule has 2 heterocycles. The topological polar surface area (TPSA) is 37.9 Å². The first-order chi connectivity index (χ1) is 8.78. The zero-order valence-electron chi connectivity index (χ0n) is 9.77. The van der Waals surface area contributed by atoms with E-state index in [-0.39, 0.29) is 0 Å². The highest BCUT2D eigenvalue weighted by Crippen LogP contribution is 2.30. The minimum Gasteiger partial charge on any atom is -0.495 e. The van der Waals surface area contributed by atoms with Crippen LogP contribution in [-0.2, 0) is 0 Å². The molecule has 0 atom stereocenters. The molecule has 3 nitrogen and oxygen atoms in total. The van der Waals surface area contributed by atoms with E-state index < -0.39 is 0 Å². The molecule has 0 spiro atoms. The Morgan fingerprint density at radius 2 is 2.06 bits per heavy atom. The SMILES string of the molecule is COc1ccc(-c2cnc3[nH]ccc3c2)cc1Cl. The summed E-state index contributed by atoms with van der Waals surface area (Å²) >= 11 is 6.12. The van der Waals surface area contributed by atoms with Crippen molar-refractivity contribution in [2.75, 3.05) is 7.11 Å². The fraction of sp³-hybridized carbons (Fsp3) is 0.0714. The van der Waals surface area contributed by atoms with Crippen LogP contribution in [0.25, 0.3) is 22.2 Å². The number of pyridine rings is 1. The first-order valence-corrected chi connectivity index (χ1v) is 5.93. The molecule has 3 rings (SSSR count). The molecule has 0 aliphatic carbocycles. The maximum absolute atomic E-state index is 6.12. The van der Waals surface area contributed by atoms with Gasteiger partial charge in [-0.3, -0.25) is 0 Å². The molecule has 4 heteroatoms. The lowest BCUT2D eigenvalue weighted by Crippen LogP contribution is -1.86. The number of halogens is 1. The van der Waals surface area contributed by atoms with Gasteiger partial charge >= 0.3 is 0 Å². The summed E-state index contributed by atoms with van der Waals surface area (Å²) in [6.45, 7) is 0. The van der Waals surface area contributed by atoms with Crippen molar-refractivity contribution in [1.82, 2.24) is 9.97 Å². The molecule has 0 bridgehead atoms. The first kappa shape index (κ1) is 11.1. The summed E-state index contributed by atoms with van der Waals surface area (Å²) in [5.41, 5.74) is 2.95. The number of hydrogen-bond acceptors (Lipinski definition) is 2. The number of aromatic nitrogens is 2. The van der Waals surface area contributed by atoms with Crippen LogP contribution in [0.3, 0.4) is 0 Å². The van der Waals surface area contributed by atoms with Crippen LogP contribution in [0.15, 0.2) is 42.7 Å². The molecule has 0 saturated heterocycles. The lowest BCUT2D eigenvalue weighted by molar-refractivity contribution is 0.415. The second-order valence-electron chi connectivity index (χ2n) is 3.99. The number of aromatic amines is 1. The van der Waals surface area contributed by atoms with Crippen molar-refractivity contribution in [3.8, 4) is 16.9 Å². The van der Waals surface area contributed by atoms with E-state index in [2.05, 4.69) is 16.0 Å². The van der Waals surface area contributed by atoms with Crippen LogP contribution in [0, 0.1) is 0 Å². The maximum Gasteiger partial charge on any atom is 0.137 e. The monoisotopic (exact) mass is 258 g/mol. The van der Waals surface area contributed by atoms with Gasteiger partial charge in [-0.25, -0.2) is 4.98 Å². The molecule has 0 aliphatic rings. The Morgan fingerprint density at radius 3 is 2.83 bits per heavy atom. The van der Waals surface area contributed by atoms with Crippen molar-refractivity contribution in [1.29, 1.82) is 0 Å². The van der Waals surface area contributed by atoms with Gasteiger partial charge in [0.15, 0.2) is 0 Å². The number of hydrogen-bond donors (Lipinski definition) is 1. The lowest BCUT2D eigenvalue weighted by Gasteiger charge is -2.06. The number of methoxy groups -OCH3 is 1. The normalized spacial score (nSPS) is 10.8. The van der Waals surface area contributed by atoms with Crippen LogP contribution in [0.1, 0.15) is 0 Å². The summed E-state index contributed by atoms with van der Waals surface area (Å²) in [4.78, 5) is 7.43. The Hall–Kier alpha value is -2.00. The molecule has 0 fully saturated rings. The van der Waals surface area contributed by atoms with Crippen LogP contribution in [0.5, 0.6) is 5.75 Å². The van der Waals surface area contributed by atoms with Gasteiger partial charge in [0.25, 0.3) is 0 Å². The van der Waals surface area contributed by atoms with Gasteiger partial charge in [-0.2, -0.15) is 0 Å². The van der Waals surface area contributed by atoms with Gasteiger partial charge in [0.05, 0.1) is 12.1 Å². The van der Waals surface area contributed by atoms with Crippen LogP contribution in [0.2, 0.25) is 5.02 Å². The summed E-state index contributed by atoms with van der Waals surface area (Å²) in [6, 6.07) is 9.79. The number of nitrogens with zero attached hydrogens (tertiary/aromatic N) is 1. The predicted octanol–water partition coefficient (Wildman–Crippen LogP) is 3.89. The molecule has 90 valence electrons. The molecule has 0 unspecified atom stereocenters. The average Bonchev–Trinajstić information content (AvgIpc) is 2.85. The van der Waals surface area contributed by atoms with Crippen molar-refractivity contribution in [2.45, 2.75) is 0 Å². The predicted molar refractivity (Wildman–Crippen MR) is 73.1 cm³/mol. The molecule has 0 radical (unpaired) electrons. The van der Waals surface area contributed by atoms with Crippen LogP contribution < -0.4 is 4.74 Å². The van der Waals surface area contributed by atoms with Gasteiger partial charge in [0.1, 0.15) is 11.4 Å². The molecule has 2 aromatic heterocycles. The Labute approximate surface area is 109 Å². The Morgan fingerprint density at radius 1 is 1.17 bits per heavy atom. The zero-order valence-corrected chi connectivity index (χ0v) is 10.5. The Kier molecular flexibility index (Phi) is 2.68. The van der Waals surface area contributed by atoms with Crippen molar-refractivity contribution in [2.24, 2.45) is 0 Å². The van der Waals surface area contributed by atoms with Crippen molar-refractivity contribution >= 4 is 22.6 Å². The van der Waals surface area contributed by atoms with Crippen LogP contribution in [0.4, 0.5) is 0 Å². The van der Waals surface area contributed by atoms with E-state index in [0.29, 0.717) is 10.8 Å². The number of fused-ring (bicyclic) bond motifs is 1. The largest absolute Gasteiger partial charge is 0.495 e. The second kappa shape index (κ2) is 4.35. The highest BCUT2D eigenvalue weighted by molar-refractivity contribution is 6.32. The third-order valence-corrected chi connectivity index (χ3v) is 3.18. The molecule has 0 amide bonds. The minimum absolute atomic E-state index is 0.601. The summed E-state index contributed by atoms with van der Waals surface area (Å²) in [6.07, 6.45) is 3.71. The van der Waals surface area contributed by atoms with E-state index in [9.17, 15) is 0 Å². The van der Waals surface area contributed by atoms with Crippen LogP contribution >= 0.6 is 11.6 Å². The van der Waals surface area contributed by atoms with Gasteiger partial charge in [-0.15, -0.1) is 0 Å². The third kappa shape index (κ3) is 1.83. The molecular weight excluding hydrogens is 248 g/mol. The zero-order chi connectivity index (χ0) is 12.5. The van der Waals surface area contributed by atoms with Crippen molar-refractivity contribution in [3.05, 3.63) is 47.7 Å². The molecule has 0 saturated carbocycles. The van der Waals surface area contributed by atoms with Gasteiger partial charge in [-0.1, -0.05) is 17.7 Å². The number of H-pyrrole nitrogens is 1. The van der Waals surface area contributed by atoms with Gasteiger partial charge < -0.3 is 9.72 Å². The maximum atomic E-state index is 6.12. The highest BCUT2D eigenvalue weighted by atomic mass is 35.5. The third-order valence-electron chi connectivity index (χ3n) is 2.89. The molecule has 3 aromatic rings. The fourth-order valence-electron chi connectivity index (χ4n) is 1.94. The van der Waals surface area contributed by atoms with E-state index in [1.165, 1.54) is 0 Å². The standard InChI is InChI=1S/C14H11ClN2O/c1-18-13-3-2-9(7-12(13)15)11-6-10-4-5-16-14(10)17-8-11/h2-8H,1H3,(H,16,17). The highest BCUT2D eigenvalue weighted by Gasteiger charge is 2.05. The van der Waals surface area contributed by atoms with Crippen molar-refractivity contribution in [3.63, 3.8) is 0 Å². The van der Waals surface area contributed by atoms with E-state index in [1.54, 1.807) is 7.11 Å². The number of nitrogens with one attached hydrogen (secondary N) is 1. The molecular formula is C14H11ClN2O. The Balaban J connectivity index is 2.10. The van der Waals surface area contributed by atoms with E-state index in [0.717, 1.165) is 22.2 Å². The van der Waals surface area contributed by atoms with Crippen molar-refractivity contribution < 1.29 is 4.74 Å². The number of ether oxygens (including phenoxy) is 1.